The highest BCUT2D eigenvalue weighted by Gasteiger charge is 2.15. The van der Waals surface area contributed by atoms with Crippen LogP contribution >= 0.6 is 0 Å². The molecule has 0 aliphatic rings. The summed E-state index contributed by atoms with van der Waals surface area (Å²) in [6.07, 6.45) is 0. The number of ether oxygens (including phenoxy) is 1. The van der Waals surface area contributed by atoms with Crippen molar-refractivity contribution in [3.8, 4) is 44.9 Å². The van der Waals surface area contributed by atoms with Gasteiger partial charge in [-0.1, -0.05) is 140 Å². The lowest BCUT2D eigenvalue weighted by atomic mass is 9.98. The van der Waals surface area contributed by atoms with Gasteiger partial charge in [-0.2, -0.15) is 0 Å². The Bertz CT molecular complexity index is 2650. The average molecular weight is 733 g/mol. The van der Waals surface area contributed by atoms with Gasteiger partial charge in [0, 0.05) is 34.1 Å². The summed E-state index contributed by atoms with van der Waals surface area (Å²) in [7, 11) is 0. The van der Waals surface area contributed by atoms with Gasteiger partial charge in [0.2, 0.25) is 0 Å². The summed E-state index contributed by atoms with van der Waals surface area (Å²) < 4.78 is 6.08. The summed E-state index contributed by atoms with van der Waals surface area (Å²) in [5.74, 6) is 1.61. The number of benzene rings is 9. The van der Waals surface area contributed by atoms with Gasteiger partial charge in [-0.3, -0.25) is 0 Å². The molecular weight excluding hydrogens is 693 g/mol. The maximum atomic E-state index is 6.08. The molecule has 9 aromatic rings. The molecule has 0 saturated carbocycles. The van der Waals surface area contributed by atoms with E-state index in [4.69, 9.17) is 4.74 Å². The van der Waals surface area contributed by atoms with Crippen molar-refractivity contribution in [2.24, 2.45) is 0 Å². The van der Waals surface area contributed by atoms with Crippen LogP contribution in [0, 0.1) is 0 Å². The third-order valence-corrected chi connectivity index (χ3v) is 10.1. The van der Waals surface area contributed by atoms with Gasteiger partial charge < -0.3 is 14.5 Å². The summed E-state index contributed by atoms with van der Waals surface area (Å²) in [5, 5.41) is 0. The van der Waals surface area contributed by atoms with Crippen molar-refractivity contribution in [1.82, 2.24) is 0 Å². The molecule has 0 amide bonds. The molecule has 0 saturated heterocycles. The van der Waals surface area contributed by atoms with E-state index in [9.17, 15) is 0 Å². The van der Waals surface area contributed by atoms with Crippen molar-refractivity contribution in [1.29, 1.82) is 0 Å². The van der Waals surface area contributed by atoms with Crippen molar-refractivity contribution >= 4 is 34.1 Å². The van der Waals surface area contributed by atoms with Crippen molar-refractivity contribution in [2.45, 2.75) is 0 Å². The number of hydrogen-bond acceptors (Lipinski definition) is 3. The highest BCUT2D eigenvalue weighted by Crippen LogP contribution is 2.39. The Morgan fingerprint density at radius 1 is 0.211 bits per heavy atom. The van der Waals surface area contributed by atoms with Crippen molar-refractivity contribution in [2.75, 3.05) is 9.80 Å². The second kappa shape index (κ2) is 16.4. The highest BCUT2D eigenvalue weighted by molar-refractivity contribution is 5.82. The van der Waals surface area contributed by atoms with E-state index >= 15 is 0 Å². The molecule has 0 N–H and O–H groups in total. The molecule has 272 valence electrons. The summed E-state index contributed by atoms with van der Waals surface area (Å²) in [4.78, 5) is 4.58. The van der Waals surface area contributed by atoms with Gasteiger partial charge in [-0.15, -0.1) is 0 Å². The van der Waals surface area contributed by atoms with Crippen LogP contribution in [0.4, 0.5) is 34.1 Å². The lowest BCUT2D eigenvalue weighted by molar-refractivity contribution is 0.483. The first-order chi connectivity index (χ1) is 28.2. The molecule has 0 fully saturated rings. The first kappa shape index (κ1) is 35.1. The van der Waals surface area contributed by atoms with E-state index in [1.807, 2.05) is 48.5 Å². The number of anilines is 6. The van der Waals surface area contributed by atoms with Crippen LogP contribution in [0.25, 0.3) is 33.4 Å². The first-order valence-corrected chi connectivity index (χ1v) is 19.2. The molecule has 57 heavy (non-hydrogen) atoms. The Morgan fingerprint density at radius 2 is 0.491 bits per heavy atom. The number of nitrogens with zero attached hydrogens (tertiary/aromatic N) is 2. The van der Waals surface area contributed by atoms with E-state index < -0.39 is 0 Å². The minimum absolute atomic E-state index is 0.796. The minimum Gasteiger partial charge on any atom is -0.457 e. The molecule has 3 nitrogen and oxygen atoms in total. The second-order valence-corrected chi connectivity index (χ2v) is 13.8. The summed E-state index contributed by atoms with van der Waals surface area (Å²) in [6, 6.07) is 85.0. The van der Waals surface area contributed by atoms with E-state index in [0.717, 1.165) is 51.2 Å². The van der Waals surface area contributed by atoms with Gasteiger partial charge in [0.15, 0.2) is 0 Å². The quantitative estimate of drug-likeness (QED) is 0.132. The molecule has 0 aliphatic carbocycles. The van der Waals surface area contributed by atoms with Crippen molar-refractivity contribution < 1.29 is 4.74 Å². The third-order valence-electron chi connectivity index (χ3n) is 10.1. The first-order valence-electron chi connectivity index (χ1n) is 19.2. The Hall–Kier alpha value is -7.62. The standard InChI is InChI=1S/C54H40N2O/c1-5-14-41(15-6-1)42-24-30-49(31-25-42)55(47-18-7-2-8-19-47)50-32-26-43(27-33-50)45-16-13-17-46(40-45)44-28-34-51(35-29-44)56(48-20-9-3-10-21-48)52-36-38-54(39-37-52)57-53-22-11-4-12-23-53/h1-40H. The Morgan fingerprint density at radius 3 is 0.912 bits per heavy atom. The van der Waals surface area contributed by atoms with Crippen LogP contribution in [0.3, 0.4) is 0 Å². The lowest BCUT2D eigenvalue weighted by Gasteiger charge is -2.26. The molecule has 9 aromatic carbocycles. The Labute approximate surface area is 335 Å². The molecule has 0 aliphatic heterocycles. The van der Waals surface area contributed by atoms with Gasteiger partial charge in [-0.05, 0) is 137 Å². The van der Waals surface area contributed by atoms with Gasteiger partial charge in [-0.25, -0.2) is 0 Å². The second-order valence-electron chi connectivity index (χ2n) is 13.8. The van der Waals surface area contributed by atoms with E-state index in [1.165, 1.54) is 27.8 Å². The molecule has 3 heteroatoms. The van der Waals surface area contributed by atoms with E-state index in [1.54, 1.807) is 0 Å². The zero-order valence-corrected chi connectivity index (χ0v) is 31.4. The average Bonchev–Trinajstić information content (AvgIpc) is 3.29. The smallest absolute Gasteiger partial charge is 0.127 e. The predicted octanol–water partition coefficient (Wildman–Crippen LogP) is 15.4. The topological polar surface area (TPSA) is 15.7 Å². The summed E-state index contributed by atoms with van der Waals surface area (Å²) in [6.45, 7) is 0. The molecule has 0 radical (unpaired) electrons. The molecular formula is C54H40N2O. The zero-order chi connectivity index (χ0) is 38.2. The molecule has 0 bridgehead atoms. The molecule has 0 unspecified atom stereocenters. The van der Waals surface area contributed by atoms with Crippen molar-refractivity contribution in [3.05, 3.63) is 243 Å². The fourth-order valence-corrected chi connectivity index (χ4v) is 7.25. The van der Waals surface area contributed by atoms with Crippen LogP contribution in [0.2, 0.25) is 0 Å². The van der Waals surface area contributed by atoms with E-state index in [-0.39, 0.29) is 0 Å². The third kappa shape index (κ3) is 7.95. The molecule has 0 spiro atoms. The van der Waals surface area contributed by atoms with Crippen LogP contribution in [0.1, 0.15) is 0 Å². The van der Waals surface area contributed by atoms with Gasteiger partial charge >= 0.3 is 0 Å². The fraction of sp³-hybridized carbons (Fsp3) is 0. The molecule has 0 aromatic heterocycles. The van der Waals surface area contributed by atoms with E-state index in [0.29, 0.717) is 0 Å². The Balaban J connectivity index is 0.965. The predicted molar refractivity (Wildman–Crippen MR) is 239 cm³/mol. The zero-order valence-electron chi connectivity index (χ0n) is 31.4. The van der Waals surface area contributed by atoms with Gasteiger partial charge in [0.05, 0.1) is 0 Å². The minimum atomic E-state index is 0.796. The normalized spacial score (nSPS) is 10.8. The van der Waals surface area contributed by atoms with Crippen LogP contribution in [-0.2, 0) is 0 Å². The van der Waals surface area contributed by atoms with Crippen LogP contribution in [-0.4, -0.2) is 0 Å². The van der Waals surface area contributed by atoms with Gasteiger partial charge in [0.1, 0.15) is 11.5 Å². The van der Waals surface area contributed by atoms with Crippen LogP contribution < -0.4 is 14.5 Å². The summed E-state index contributed by atoms with van der Waals surface area (Å²) in [5.41, 5.74) is 13.6. The summed E-state index contributed by atoms with van der Waals surface area (Å²) >= 11 is 0. The van der Waals surface area contributed by atoms with Crippen LogP contribution in [0.15, 0.2) is 243 Å². The fourth-order valence-electron chi connectivity index (χ4n) is 7.25. The molecule has 0 atom stereocenters. The maximum absolute atomic E-state index is 6.08. The monoisotopic (exact) mass is 732 g/mol. The SMILES string of the molecule is c1ccc(Oc2ccc(N(c3ccccc3)c3ccc(-c4cccc(-c5ccc(N(c6ccccc6)c6ccc(-c7ccccc7)cc6)cc5)c4)cc3)cc2)cc1. The maximum Gasteiger partial charge on any atom is 0.127 e. The van der Waals surface area contributed by atoms with Crippen molar-refractivity contribution in [3.63, 3.8) is 0 Å². The van der Waals surface area contributed by atoms with E-state index in [2.05, 4.69) is 204 Å². The van der Waals surface area contributed by atoms with Gasteiger partial charge in [0.25, 0.3) is 0 Å². The van der Waals surface area contributed by atoms with Crippen LogP contribution in [0.5, 0.6) is 11.5 Å². The lowest BCUT2D eigenvalue weighted by Crippen LogP contribution is -2.09. The highest BCUT2D eigenvalue weighted by atomic mass is 16.5. The number of para-hydroxylation sites is 3. The Kier molecular flexibility index (Phi) is 10.1. The molecule has 9 rings (SSSR count). The number of hydrogen-bond donors (Lipinski definition) is 0. The largest absolute Gasteiger partial charge is 0.457 e. The number of rotatable bonds is 11. The molecule has 0 heterocycles.